The van der Waals surface area contributed by atoms with Gasteiger partial charge in [0.1, 0.15) is 5.88 Å². The van der Waals surface area contributed by atoms with E-state index in [9.17, 15) is 9.59 Å². The number of urea groups is 1. The molecule has 0 spiro atoms. The molecule has 1 aliphatic carbocycles. The number of hydrogen-bond donors (Lipinski definition) is 2. The van der Waals surface area contributed by atoms with Crippen LogP contribution < -0.4 is 10.6 Å². The largest absolute Gasteiger partial charge is 0.331 e. The van der Waals surface area contributed by atoms with E-state index in [0.29, 0.717) is 0 Å². The van der Waals surface area contributed by atoms with Crippen LogP contribution in [0.1, 0.15) is 23.6 Å². The third kappa shape index (κ3) is 2.77. The molecule has 1 aromatic rings. The van der Waals surface area contributed by atoms with E-state index in [-0.39, 0.29) is 11.9 Å². The van der Waals surface area contributed by atoms with Crippen LogP contribution in [0.2, 0.25) is 0 Å². The topological polar surface area (TPSA) is 58.2 Å². The fraction of sp³-hybridized carbons (Fsp3) is 0.333. The minimum Gasteiger partial charge on any atom is -0.331 e. The highest BCUT2D eigenvalue weighted by Gasteiger charge is 2.23. The molecule has 0 heterocycles. The number of nitrogens with one attached hydrogen (secondary N) is 2. The number of alkyl halides is 1. The molecule has 1 unspecified atom stereocenters. The molecule has 3 amide bonds. The fourth-order valence-corrected chi connectivity index (χ4v) is 2.13. The van der Waals surface area contributed by atoms with Crippen LogP contribution in [0, 0.1) is 0 Å². The van der Waals surface area contributed by atoms with Crippen LogP contribution in [-0.4, -0.2) is 17.8 Å². The summed E-state index contributed by atoms with van der Waals surface area (Å²) >= 11 is 5.30. The van der Waals surface area contributed by atoms with Gasteiger partial charge in [0, 0.05) is 0 Å². The van der Waals surface area contributed by atoms with E-state index in [1.165, 1.54) is 5.56 Å². The van der Waals surface area contributed by atoms with Gasteiger partial charge in [-0.3, -0.25) is 10.1 Å². The Kier molecular flexibility index (Phi) is 3.64. The van der Waals surface area contributed by atoms with Crippen molar-refractivity contribution in [3.8, 4) is 0 Å². The van der Waals surface area contributed by atoms with Crippen molar-refractivity contribution in [2.24, 2.45) is 0 Å². The molecule has 0 aromatic heterocycles. The van der Waals surface area contributed by atoms with Gasteiger partial charge in [0.05, 0.1) is 6.04 Å². The standard InChI is InChI=1S/C12H13ClN2O2/c13-7-11(16)15-12(17)14-10-6-5-8-3-1-2-4-9(8)10/h1-4,10H,5-7H2,(H2,14,15,16,17). The average Bonchev–Trinajstić information content (AvgIpc) is 2.72. The first-order chi connectivity index (χ1) is 8.20. The average molecular weight is 253 g/mol. The maximum absolute atomic E-state index is 11.5. The maximum atomic E-state index is 11.5. The lowest BCUT2D eigenvalue weighted by Crippen LogP contribution is -2.41. The Morgan fingerprint density at radius 1 is 1.35 bits per heavy atom. The Balaban J connectivity index is 1.98. The lowest BCUT2D eigenvalue weighted by Gasteiger charge is -2.13. The van der Waals surface area contributed by atoms with Gasteiger partial charge in [-0.1, -0.05) is 24.3 Å². The second-order valence-corrected chi connectivity index (χ2v) is 4.21. The Morgan fingerprint density at radius 2 is 2.12 bits per heavy atom. The van der Waals surface area contributed by atoms with E-state index in [0.717, 1.165) is 18.4 Å². The van der Waals surface area contributed by atoms with Gasteiger partial charge in [0.2, 0.25) is 5.91 Å². The first kappa shape index (κ1) is 11.9. The normalized spacial score (nSPS) is 17.4. The molecule has 0 radical (unpaired) electrons. The molecule has 17 heavy (non-hydrogen) atoms. The number of amides is 3. The van der Waals surface area contributed by atoms with Crippen molar-refractivity contribution in [2.45, 2.75) is 18.9 Å². The minimum absolute atomic E-state index is 0.0191. The van der Waals surface area contributed by atoms with E-state index in [4.69, 9.17) is 11.6 Å². The Labute approximate surface area is 104 Å². The van der Waals surface area contributed by atoms with Crippen molar-refractivity contribution in [1.29, 1.82) is 0 Å². The van der Waals surface area contributed by atoms with Gasteiger partial charge in [-0.25, -0.2) is 4.79 Å². The molecule has 5 heteroatoms. The number of hydrogen-bond acceptors (Lipinski definition) is 2. The molecular formula is C12H13ClN2O2. The third-order valence-corrected chi connectivity index (χ3v) is 3.06. The zero-order valence-electron chi connectivity index (χ0n) is 9.20. The monoisotopic (exact) mass is 252 g/mol. The Hall–Kier alpha value is -1.55. The molecular weight excluding hydrogens is 240 g/mol. The van der Waals surface area contributed by atoms with Crippen LogP contribution in [0.15, 0.2) is 24.3 Å². The molecule has 4 nitrogen and oxygen atoms in total. The van der Waals surface area contributed by atoms with Crippen LogP contribution in [0.4, 0.5) is 4.79 Å². The van der Waals surface area contributed by atoms with E-state index < -0.39 is 11.9 Å². The number of aryl methyl sites for hydroxylation is 1. The SMILES string of the molecule is O=C(CCl)NC(=O)NC1CCc2ccccc21. The summed E-state index contributed by atoms with van der Waals surface area (Å²) in [6, 6.07) is 7.47. The van der Waals surface area contributed by atoms with Crippen molar-refractivity contribution < 1.29 is 9.59 Å². The van der Waals surface area contributed by atoms with Crippen LogP contribution in [0.25, 0.3) is 0 Å². The Bertz CT molecular complexity index is 448. The summed E-state index contributed by atoms with van der Waals surface area (Å²) < 4.78 is 0. The van der Waals surface area contributed by atoms with E-state index in [2.05, 4.69) is 16.7 Å². The summed E-state index contributed by atoms with van der Waals surface area (Å²) in [5, 5.41) is 4.94. The second kappa shape index (κ2) is 5.19. The van der Waals surface area contributed by atoms with E-state index >= 15 is 0 Å². The third-order valence-electron chi connectivity index (χ3n) is 2.81. The molecule has 1 aromatic carbocycles. The van der Waals surface area contributed by atoms with Gasteiger partial charge in [0.15, 0.2) is 0 Å². The van der Waals surface area contributed by atoms with Gasteiger partial charge < -0.3 is 5.32 Å². The van der Waals surface area contributed by atoms with Crippen LogP contribution in [0.5, 0.6) is 0 Å². The van der Waals surface area contributed by atoms with Crippen LogP contribution >= 0.6 is 11.6 Å². The van der Waals surface area contributed by atoms with Crippen molar-refractivity contribution in [1.82, 2.24) is 10.6 Å². The van der Waals surface area contributed by atoms with Crippen molar-refractivity contribution in [3.63, 3.8) is 0 Å². The lowest BCUT2D eigenvalue weighted by molar-refractivity contribution is -0.117. The van der Waals surface area contributed by atoms with Crippen LogP contribution in [-0.2, 0) is 11.2 Å². The predicted molar refractivity (Wildman–Crippen MR) is 64.9 cm³/mol. The number of rotatable bonds is 2. The number of fused-ring (bicyclic) bond motifs is 1. The maximum Gasteiger partial charge on any atom is 0.321 e. The van der Waals surface area contributed by atoms with Crippen molar-refractivity contribution >= 4 is 23.5 Å². The first-order valence-electron chi connectivity index (χ1n) is 5.45. The summed E-state index contributed by atoms with van der Waals surface area (Å²) in [7, 11) is 0. The molecule has 0 bridgehead atoms. The predicted octanol–water partition coefficient (Wildman–Crippen LogP) is 1.74. The van der Waals surface area contributed by atoms with Crippen LogP contribution in [0.3, 0.4) is 0 Å². The molecule has 2 rings (SSSR count). The molecule has 0 aliphatic heterocycles. The van der Waals surface area contributed by atoms with Crippen molar-refractivity contribution in [3.05, 3.63) is 35.4 Å². The smallest absolute Gasteiger partial charge is 0.321 e. The summed E-state index contributed by atoms with van der Waals surface area (Å²) in [5.74, 6) is -0.704. The van der Waals surface area contributed by atoms with Gasteiger partial charge in [-0.2, -0.15) is 0 Å². The first-order valence-corrected chi connectivity index (χ1v) is 5.98. The fourth-order valence-electron chi connectivity index (χ4n) is 2.06. The molecule has 0 saturated heterocycles. The zero-order valence-corrected chi connectivity index (χ0v) is 9.96. The Morgan fingerprint density at radius 3 is 2.88 bits per heavy atom. The summed E-state index contributed by atoms with van der Waals surface area (Å²) in [6.45, 7) is 0. The highest BCUT2D eigenvalue weighted by molar-refractivity contribution is 6.28. The highest BCUT2D eigenvalue weighted by atomic mass is 35.5. The number of imide groups is 1. The zero-order chi connectivity index (χ0) is 12.3. The van der Waals surface area contributed by atoms with E-state index in [1.54, 1.807) is 0 Å². The van der Waals surface area contributed by atoms with Gasteiger partial charge in [-0.05, 0) is 24.0 Å². The lowest BCUT2D eigenvalue weighted by atomic mass is 10.1. The molecule has 1 aliphatic rings. The number of halogens is 1. The molecule has 90 valence electrons. The highest BCUT2D eigenvalue weighted by Crippen LogP contribution is 2.30. The molecule has 0 saturated carbocycles. The number of carbonyl (C=O) groups excluding carboxylic acids is 2. The summed E-state index contributed by atoms with van der Waals surface area (Å²) in [6.07, 6.45) is 1.81. The molecule has 1 atom stereocenters. The molecule has 0 fully saturated rings. The molecule has 2 N–H and O–H groups in total. The van der Waals surface area contributed by atoms with Gasteiger partial charge >= 0.3 is 6.03 Å². The number of carbonyl (C=O) groups is 2. The van der Waals surface area contributed by atoms with Gasteiger partial charge in [0.25, 0.3) is 0 Å². The second-order valence-electron chi connectivity index (χ2n) is 3.95. The van der Waals surface area contributed by atoms with E-state index in [1.807, 2.05) is 18.2 Å². The van der Waals surface area contributed by atoms with Crippen molar-refractivity contribution in [2.75, 3.05) is 5.88 Å². The van der Waals surface area contributed by atoms with Gasteiger partial charge in [-0.15, -0.1) is 11.6 Å². The minimum atomic E-state index is -0.490. The summed E-state index contributed by atoms with van der Waals surface area (Å²) in [4.78, 5) is 22.4. The number of benzene rings is 1. The quantitative estimate of drug-likeness (QED) is 0.788. The summed E-state index contributed by atoms with van der Waals surface area (Å²) in [5.41, 5.74) is 2.38.